The van der Waals surface area contributed by atoms with Gasteiger partial charge in [-0.3, -0.25) is 4.79 Å². The molecule has 0 N–H and O–H groups in total. The number of fused-ring (bicyclic) bond motifs is 1. The predicted molar refractivity (Wildman–Crippen MR) is 81.9 cm³/mol. The number of likely N-dealkylation sites (tertiary alicyclic amines) is 1. The average molecular weight is 271 g/mol. The molecule has 98 valence electrons. The van der Waals surface area contributed by atoms with E-state index in [4.69, 9.17) is 0 Å². The van der Waals surface area contributed by atoms with E-state index < -0.39 is 0 Å². The van der Waals surface area contributed by atoms with Crippen LogP contribution in [0.4, 0.5) is 0 Å². The molecule has 0 atom stereocenters. The van der Waals surface area contributed by atoms with Crippen molar-refractivity contribution in [1.82, 2.24) is 4.90 Å². The van der Waals surface area contributed by atoms with E-state index in [0.717, 1.165) is 36.9 Å². The number of hydrogen-bond donors (Lipinski definition) is 1. The number of hydrogen-bond acceptors (Lipinski definition) is 2. The Morgan fingerprint density at radius 3 is 2.47 bits per heavy atom. The van der Waals surface area contributed by atoms with Crippen molar-refractivity contribution in [2.75, 3.05) is 13.1 Å². The summed E-state index contributed by atoms with van der Waals surface area (Å²) in [5.74, 6) is 0.144. The molecule has 0 radical (unpaired) electrons. The zero-order valence-electron chi connectivity index (χ0n) is 10.7. The van der Waals surface area contributed by atoms with Gasteiger partial charge < -0.3 is 4.90 Å². The molecule has 0 aromatic heterocycles. The van der Waals surface area contributed by atoms with Crippen LogP contribution in [0, 0.1) is 0 Å². The van der Waals surface area contributed by atoms with E-state index in [2.05, 4.69) is 18.7 Å². The second-order valence-electron chi connectivity index (χ2n) is 5.09. The summed E-state index contributed by atoms with van der Waals surface area (Å²) in [5, 5.41) is 2.74. The summed E-state index contributed by atoms with van der Waals surface area (Å²) >= 11 is 4.47. The molecule has 0 spiro atoms. The molecule has 0 saturated carbocycles. The fraction of sp³-hybridized carbons (Fsp3) is 0.312. The lowest BCUT2D eigenvalue weighted by Crippen LogP contribution is -2.38. The number of rotatable bonds is 1. The second-order valence-corrected chi connectivity index (χ2v) is 5.82. The first-order valence-electron chi connectivity index (χ1n) is 6.70. The number of amides is 1. The Hall–Kier alpha value is -1.48. The normalized spacial score (nSPS) is 16.8. The highest BCUT2D eigenvalue weighted by Gasteiger charge is 2.21. The minimum Gasteiger partial charge on any atom is -0.339 e. The van der Waals surface area contributed by atoms with Crippen molar-refractivity contribution in [3.8, 4) is 0 Å². The van der Waals surface area contributed by atoms with Gasteiger partial charge in [-0.1, -0.05) is 30.3 Å². The third-order valence-corrected chi connectivity index (χ3v) is 4.26. The molecule has 0 bridgehead atoms. The van der Waals surface area contributed by atoms with Crippen molar-refractivity contribution in [2.24, 2.45) is 0 Å². The monoisotopic (exact) mass is 271 g/mol. The zero-order valence-corrected chi connectivity index (χ0v) is 11.6. The quantitative estimate of drug-likeness (QED) is 0.788. The maximum atomic E-state index is 12.5. The Labute approximate surface area is 118 Å². The molecule has 1 heterocycles. The lowest BCUT2D eigenvalue weighted by molar-refractivity contribution is 0.0728. The van der Waals surface area contributed by atoms with Gasteiger partial charge in [0.05, 0.1) is 0 Å². The van der Waals surface area contributed by atoms with E-state index >= 15 is 0 Å². The zero-order chi connectivity index (χ0) is 13.2. The Balaban J connectivity index is 1.85. The Morgan fingerprint density at radius 1 is 1.05 bits per heavy atom. The first-order valence-corrected chi connectivity index (χ1v) is 7.22. The van der Waals surface area contributed by atoms with Gasteiger partial charge in [0.15, 0.2) is 0 Å². The van der Waals surface area contributed by atoms with Crippen LogP contribution < -0.4 is 0 Å². The van der Waals surface area contributed by atoms with E-state index in [1.54, 1.807) is 0 Å². The van der Waals surface area contributed by atoms with Crippen molar-refractivity contribution in [1.29, 1.82) is 0 Å². The first-order chi connectivity index (χ1) is 9.24. The van der Waals surface area contributed by atoms with Crippen molar-refractivity contribution >= 4 is 29.3 Å². The molecule has 0 unspecified atom stereocenters. The van der Waals surface area contributed by atoms with Crippen molar-refractivity contribution in [3.63, 3.8) is 0 Å². The van der Waals surface area contributed by atoms with Gasteiger partial charge in [-0.15, -0.1) is 0 Å². The Morgan fingerprint density at radius 2 is 1.74 bits per heavy atom. The lowest BCUT2D eigenvalue weighted by Gasteiger charge is -2.30. The topological polar surface area (TPSA) is 20.3 Å². The Kier molecular flexibility index (Phi) is 3.47. The largest absolute Gasteiger partial charge is 0.339 e. The number of piperidine rings is 1. The molecule has 1 aliphatic rings. The fourth-order valence-corrected chi connectivity index (χ4v) is 2.80. The minimum atomic E-state index is 0.144. The lowest BCUT2D eigenvalue weighted by atomic mass is 10.0. The number of nitrogens with zero attached hydrogens (tertiary/aromatic N) is 1. The van der Waals surface area contributed by atoms with Crippen LogP contribution in [0.2, 0.25) is 0 Å². The highest BCUT2D eigenvalue weighted by atomic mass is 32.1. The highest BCUT2D eigenvalue weighted by Crippen LogP contribution is 2.20. The summed E-state index contributed by atoms with van der Waals surface area (Å²) in [7, 11) is 0. The Bertz CT molecular complexity index is 602. The SMILES string of the molecule is O=C(c1ccc2ccccc2c1)N1CCC(S)CC1. The standard InChI is InChI=1S/C16H17NOS/c18-16(17-9-7-15(19)8-10-17)14-6-5-12-3-1-2-4-13(12)11-14/h1-6,11,15,19H,7-10H2. The van der Waals surface area contributed by atoms with Crippen molar-refractivity contribution < 1.29 is 4.79 Å². The average Bonchev–Trinajstić information content (AvgIpc) is 2.47. The molecule has 3 rings (SSSR count). The molecule has 19 heavy (non-hydrogen) atoms. The van der Waals surface area contributed by atoms with Gasteiger partial charge in [-0.2, -0.15) is 12.6 Å². The summed E-state index contributed by atoms with van der Waals surface area (Å²) in [6, 6.07) is 14.1. The third-order valence-electron chi connectivity index (χ3n) is 3.75. The van der Waals surface area contributed by atoms with Gasteiger partial charge >= 0.3 is 0 Å². The summed E-state index contributed by atoms with van der Waals surface area (Å²) in [6.07, 6.45) is 1.98. The molecule has 1 amide bonds. The third kappa shape index (κ3) is 2.61. The van der Waals surface area contributed by atoms with Gasteiger partial charge in [0.2, 0.25) is 0 Å². The van der Waals surface area contributed by atoms with Crippen LogP contribution in [-0.4, -0.2) is 29.1 Å². The van der Waals surface area contributed by atoms with Crippen LogP contribution in [0.5, 0.6) is 0 Å². The molecule has 2 nitrogen and oxygen atoms in total. The predicted octanol–water partition coefficient (Wildman–Crippen LogP) is 3.37. The molecular weight excluding hydrogens is 254 g/mol. The molecular formula is C16H17NOS. The molecule has 0 aliphatic carbocycles. The van der Waals surface area contributed by atoms with E-state index in [1.165, 1.54) is 5.39 Å². The van der Waals surface area contributed by atoms with Crippen LogP contribution in [0.15, 0.2) is 42.5 Å². The fourth-order valence-electron chi connectivity index (χ4n) is 2.57. The van der Waals surface area contributed by atoms with Crippen LogP contribution >= 0.6 is 12.6 Å². The van der Waals surface area contributed by atoms with Gasteiger partial charge in [-0.25, -0.2) is 0 Å². The maximum absolute atomic E-state index is 12.5. The van der Waals surface area contributed by atoms with Crippen LogP contribution in [0.1, 0.15) is 23.2 Å². The first kappa shape index (κ1) is 12.5. The van der Waals surface area contributed by atoms with Gasteiger partial charge in [0, 0.05) is 23.9 Å². The molecule has 2 aromatic rings. The van der Waals surface area contributed by atoms with Crippen molar-refractivity contribution in [3.05, 3.63) is 48.0 Å². The van der Waals surface area contributed by atoms with Gasteiger partial charge in [0.1, 0.15) is 0 Å². The van der Waals surface area contributed by atoms with Crippen LogP contribution in [0.25, 0.3) is 10.8 Å². The molecule has 2 aromatic carbocycles. The molecule has 1 aliphatic heterocycles. The summed E-state index contributed by atoms with van der Waals surface area (Å²) in [6.45, 7) is 1.64. The van der Waals surface area contributed by atoms with E-state index in [1.807, 2.05) is 41.3 Å². The highest BCUT2D eigenvalue weighted by molar-refractivity contribution is 7.80. The summed E-state index contributed by atoms with van der Waals surface area (Å²) in [4.78, 5) is 14.4. The number of carbonyl (C=O) groups excluding carboxylic acids is 1. The molecule has 1 saturated heterocycles. The van der Waals surface area contributed by atoms with Crippen molar-refractivity contribution in [2.45, 2.75) is 18.1 Å². The molecule has 1 fully saturated rings. The van der Waals surface area contributed by atoms with Crippen LogP contribution in [-0.2, 0) is 0 Å². The minimum absolute atomic E-state index is 0.144. The number of benzene rings is 2. The smallest absolute Gasteiger partial charge is 0.253 e. The van der Waals surface area contributed by atoms with E-state index in [0.29, 0.717) is 5.25 Å². The van der Waals surface area contributed by atoms with Gasteiger partial charge in [0.25, 0.3) is 5.91 Å². The number of carbonyl (C=O) groups is 1. The summed E-state index contributed by atoms with van der Waals surface area (Å²) < 4.78 is 0. The van der Waals surface area contributed by atoms with E-state index in [9.17, 15) is 4.79 Å². The number of thiol groups is 1. The maximum Gasteiger partial charge on any atom is 0.253 e. The van der Waals surface area contributed by atoms with E-state index in [-0.39, 0.29) is 5.91 Å². The van der Waals surface area contributed by atoms with Crippen LogP contribution in [0.3, 0.4) is 0 Å². The molecule has 3 heteroatoms. The summed E-state index contributed by atoms with van der Waals surface area (Å²) in [5.41, 5.74) is 0.788. The van der Waals surface area contributed by atoms with Gasteiger partial charge in [-0.05, 0) is 35.7 Å². The second kappa shape index (κ2) is 5.25.